The van der Waals surface area contributed by atoms with Crippen LogP contribution >= 0.6 is 0 Å². The summed E-state index contributed by atoms with van der Waals surface area (Å²) in [6.07, 6.45) is 8.82. The first-order chi connectivity index (χ1) is 19.4. The van der Waals surface area contributed by atoms with Gasteiger partial charge in [0.25, 0.3) is 0 Å². The number of fused-ring (bicyclic) bond motifs is 1. The van der Waals surface area contributed by atoms with E-state index in [0.717, 1.165) is 88.0 Å². The van der Waals surface area contributed by atoms with Gasteiger partial charge in [0.05, 0.1) is 12.2 Å². The van der Waals surface area contributed by atoms with Gasteiger partial charge in [-0.05, 0) is 100 Å². The number of nitrogens with one attached hydrogen (secondary N) is 1. The number of benzene rings is 1. The molecule has 5 rings (SSSR count). The Morgan fingerprint density at radius 3 is 2.85 bits per heavy atom. The first kappa shape index (κ1) is 28.9. The van der Waals surface area contributed by atoms with E-state index in [1.165, 1.54) is 5.56 Å². The van der Waals surface area contributed by atoms with E-state index in [9.17, 15) is 18.7 Å². The van der Waals surface area contributed by atoms with Crippen LogP contribution in [0.2, 0.25) is 0 Å². The van der Waals surface area contributed by atoms with Crippen molar-refractivity contribution in [3.8, 4) is 0 Å². The summed E-state index contributed by atoms with van der Waals surface area (Å²) < 4.78 is 41.1. The lowest BCUT2D eigenvalue weighted by molar-refractivity contribution is -0.143. The zero-order valence-corrected chi connectivity index (χ0v) is 23.3. The number of hydrogen-bond donors (Lipinski definition) is 2. The number of halogens is 2. The topological polar surface area (TPSA) is 83.9 Å². The smallest absolute Gasteiger partial charge is 0.325 e. The summed E-state index contributed by atoms with van der Waals surface area (Å²) in [6.45, 7) is 2.69. The molecule has 2 N–H and O–H groups in total. The molecule has 1 aromatic heterocycles. The molecule has 7 nitrogen and oxygen atoms in total. The van der Waals surface area contributed by atoms with Crippen molar-refractivity contribution in [1.29, 1.82) is 0 Å². The molecule has 3 heterocycles. The second kappa shape index (κ2) is 13.4. The van der Waals surface area contributed by atoms with E-state index in [1.54, 1.807) is 11.9 Å². The molecule has 0 amide bonds. The summed E-state index contributed by atoms with van der Waals surface area (Å²) in [4.78, 5) is 18.8. The molecule has 9 heteroatoms. The highest BCUT2D eigenvalue weighted by atomic mass is 19.1. The van der Waals surface area contributed by atoms with Crippen LogP contribution in [0.5, 0.6) is 0 Å². The number of carboxylic acid groups (broad SMARTS) is 1. The molecule has 3 aliphatic rings. The van der Waals surface area contributed by atoms with Gasteiger partial charge in [0.1, 0.15) is 23.5 Å². The molecule has 2 aliphatic heterocycles. The predicted molar refractivity (Wildman–Crippen MR) is 148 cm³/mol. The fraction of sp³-hybridized carbons (Fsp3) is 0.613. The third kappa shape index (κ3) is 6.98. The molecule has 0 radical (unpaired) electrons. The molecule has 2 aromatic rings. The maximum Gasteiger partial charge on any atom is 0.325 e. The van der Waals surface area contributed by atoms with Crippen molar-refractivity contribution in [2.45, 2.75) is 82.5 Å². The second-order valence-electron chi connectivity index (χ2n) is 11.6. The number of unbranched alkanes of at least 4 members (excludes halogenated alkanes) is 1. The van der Waals surface area contributed by atoms with Gasteiger partial charge in [-0.3, -0.25) is 9.69 Å². The van der Waals surface area contributed by atoms with E-state index in [-0.39, 0.29) is 23.1 Å². The van der Waals surface area contributed by atoms with Crippen LogP contribution in [0, 0.1) is 17.6 Å². The number of nitrogens with zero attached hydrogens (tertiary/aromatic N) is 2. The number of aromatic nitrogens is 1. The number of aliphatic carboxylic acids is 1. The highest BCUT2D eigenvalue weighted by molar-refractivity contribution is 5.76. The van der Waals surface area contributed by atoms with Crippen molar-refractivity contribution in [2.24, 2.45) is 5.92 Å². The zero-order valence-electron chi connectivity index (χ0n) is 23.3. The Labute approximate surface area is 235 Å². The van der Waals surface area contributed by atoms with Crippen LogP contribution in [0.3, 0.4) is 0 Å². The van der Waals surface area contributed by atoms with Gasteiger partial charge < -0.3 is 19.9 Å². The molecule has 2 unspecified atom stereocenters. The first-order valence-corrected chi connectivity index (χ1v) is 14.8. The van der Waals surface area contributed by atoms with Crippen molar-refractivity contribution >= 4 is 11.8 Å². The SMILES string of the molecule is CN(CC1CC(OCCCCc2ccc3c(n2)NCCC3)C1)C(C(=O)O)c1cc(F)cc(F)c1C1CCCCO1. The monoisotopic (exact) mass is 557 g/mol. The summed E-state index contributed by atoms with van der Waals surface area (Å²) in [7, 11) is 1.71. The molecular weight excluding hydrogens is 516 g/mol. The van der Waals surface area contributed by atoms with Gasteiger partial charge in [-0.2, -0.15) is 0 Å². The van der Waals surface area contributed by atoms with E-state index in [1.807, 2.05) is 0 Å². The van der Waals surface area contributed by atoms with Gasteiger partial charge in [0.2, 0.25) is 0 Å². The van der Waals surface area contributed by atoms with Gasteiger partial charge in [0.15, 0.2) is 0 Å². The van der Waals surface area contributed by atoms with Crippen LogP contribution < -0.4 is 5.32 Å². The van der Waals surface area contributed by atoms with Crippen molar-refractivity contribution in [3.05, 3.63) is 58.3 Å². The molecule has 0 spiro atoms. The summed E-state index contributed by atoms with van der Waals surface area (Å²) in [5, 5.41) is 13.5. The number of ether oxygens (including phenoxy) is 2. The van der Waals surface area contributed by atoms with Crippen molar-refractivity contribution in [2.75, 3.05) is 38.7 Å². The Hall–Kier alpha value is -2.62. The molecule has 2 atom stereocenters. The molecule has 40 heavy (non-hydrogen) atoms. The van der Waals surface area contributed by atoms with Crippen molar-refractivity contribution in [3.63, 3.8) is 0 Å². The number of hydrogen-bond acceptors (Lipinski definition) is 6. The minimum absolute atomic E-state index is 0.149. The van der Waals surface area contributed by atoms with Crippen LogP contribution in [0.1, 0.15) is 85.9 Å². The van der Waals surface area contributed by atoms with Crippen LogP contribution in [-0.4, -0.2) is 60.4 Å². The predicted octanol–water partition coefficient (Wildman–Crippen LogP) is 5.84. The fourth-order valence-corrected chi connectivity index (χ4v) is 6.34. The zero-order chi connectivity index (χ0) is 28.1. The lowest BCUT2D eigenvalue weighted by Crippen LogP contribution is -2.42. The lowest BCUT2D eigenvalue weighted by atomic mass is 9.81. The number of anilines is 1. The number of rotatable bonds is 12. The fourth-order valence-electron chi connectivity index (χ4n) is 6.34. The highest BCUT2D eigenvalue weighted by Gasteiger charge is 2.37. The van der Waals surface area contributed by atoms with Gasteiger partial charge in [-0.25, -0.2) is 13.8 Å². The van der Waals surface area contributed by atoms with E-state index in [2.05, 4.69) is 17.4 Å². The molecular formula is C31H41F2N3O4. The maximum atomic E-state index is 15.0. The van der Waals surface area contributed by atoms with Crippen molar-refractivity contribution < 1.29 is 28.2 Å². The van der Waals surface area contributed by atoms with Crippen molar-refractivity contribution in [1.82, 2.24) is 9.88 Å². The van der Waals surface area contributed by atoms with E-state index < -0.39 is 29.7 Å². The quantitative estimate of drug-likeness (QED) is 0.318. The third-order valence-electron chi connectivity index (χ3n) is 8.47. The standard InChI is InChI=1S/C31H41F2N3O4/c1-36(29(31(37)38)25-17-22(32)18-26(33)28(25)27-9-3-5-14-40-27)19-20-15-24(16-20)39-13-4-2-8-23-11-10-21-7-6-12-34-30(21)35-23/h10-11,17-18,20,24,27,29H,2-9,12-16,19H2,1H3,(H,34,35)(H,37,38). The summed E-state index contributed by atoms with van der Waals surface area (Å²) in [6, 6.07) is 5.15. The molecule has 1 saturated heterocycles. The molecule has 0 bridgehead atoms. The van der Waals surface area contributed by atoms with Crippen LogP contribution in [-0.2, 0) is 27.1 Å². The van der Waals surface area contributed by atoms with Gasteiger partial charge in [0, 0.05) is 43.6 Å². The molecule has 1 aliphatic carbocycles. The average molecular weight is 558 g/mol. The minimum atomic E-state index is -1.15. The lowest BCUT2D eigenvalue weighted by Gasteiger charge is -2.39. The third-order valence-corrected chi connectivity index (χ3v) is 8.47. The largest absolute Gasteiger partial charge is 0.480 e. The number of carboxylic acids is 1. The van der Waals surface area contributed by atoms with E-state index in [0.29, 0.717) is 26.2 Å². The van der Waals surface area contributed by atoms with Crippen LogP contribution in [0.15, 0.2) is 24.3 Å². The van der Waals surface area contributed by atoms with Crippen LogP contribution in [0.25, 0.3) is 0 Å². The summed E-state index contributed by atoms with van der Waals surface area (Å²) in [5.41, 5.74) is 2.75. The Kier molecular flexibility index (Phi) is 9.65. The molecule has 1 aromatic carbocycles. The Bertz CT molecular complexity index is 1170. The summed E-state index contributed by atoms with van der Waals surface area (Å²) in [5.74, 6) is -1.32. The maximum absolute atomic E-state index is 15.0. The molecule has 1 saturated carbocycles. The Balaban J connectivity index is 1.08. The van der Waals surface area contributed by atoms with Gasteiger partial charge >= 0.3 is 5.97 Å². The van der Waals surface area contributed by atoms with Gasteiger partial charge in [-0.1, -0.05) is 6.07 Å². The number of carbonyl (C=O) groups is 1. The van der Waals surface area contributed by atoms with Gasteiger partial charge in [-0.15, -0.1) is 0 Å². The second-order valence-corrected chi connectivity index (χ2v) is 11.6. The Morgan fingerprint density at radius 1 is 1.23 bits per heavy atom. The number of pyridine rings is 1. The molecule has 218 valence electrons. The van der Waals surface area contributed by atoms with E-state index in [4.69, 9.17) is 14.5 Å². The highest BCUT2D eigenvalue weighted by Crippen LogP contribution is 2.38. The van der Waals surface area contributed by atoms with Crippen LogP contribution in [0.4, 0.5) is 14.6 Å². The summed E-state index contributed by atoms with van der Waals surface area (Å²) >= 11 is 0. The first-order valence-electron chi connectivity index (χ1n) is 14.8. The normalized spacial score (nSPS) is 23.2. The van der Waals surface area contributed by atoms with E-state index >= 15 is 0 Å². The average Bonchev–Trinajstić information content (AvgIpc) is 2.91. The number of likely N-dealkylation sites (N-methyl/N-ethyl adjacent to an activating group) is 1. The number of aryl methyl sites for hydroxylation is 2. The minimum Gasteiger partial charge on any atom is -0.480 e. The Morgan fingerprint density at radius 2 is 2.08 bits per heavy atom. The molecule has 2 fully saturated rings.